The highest BCUT2D eigenvalue weighted by atomic mass is 16.5. The van der Waals surface area contributed by atoms with E-state index in [2.05, 4.69) is 12.2 Å². The van der Waals surface area contributed by atoms with Crippen LogP contribution in [-0.4, -0.2) is 6.61 Å². The second kappa shape index (κ2) is 5.06. The van der Waals surface area contributed by atoms with Crippen LogP contribution in [-0.2, 0) is 0 Å². The molecule has 1 aromatic carbocycles. The Labute approximate surface area is 123 Å². The molecule has 108 valence electrons. The van der Waals surface area contributed by atoms with Crippen LogP contribution in [0.2, 0.25) is 0 Å². The lowest BCUT2D eigenvalue weighted by Gasteiger charge is -2.17. The first-order valence-electron chi connectivity index (χ1n) is 7.63. The lowest BCUT2D eigenvalue weighted by molar-refractivity contribution is 0.254. The van der Waals surface area contributed by atoms with E-state index in [1.165, 1.54) is 12.8 Å². The van der Waals surface area contributed by atoms with Crippen molar-refractivity contribution in [2.45, 2.75) is 19.3 Å². The zero-order valence-electron chi connectivity index (χ0n) is 11.8. The summed E-state index contributed by atoms with van der Waals surface area (Å²) in [5, 5.41) is 0.898. The highest BCUT2D eigenvalue weighted by molar-refractivity contribution is 5.77. The molecule has 3 nitrogen and oxygen atoms in total. The maximum absolute atomic E-state index is 11.9. The third-order valence-corrected chi connectivity index (χ3v) is 4.77. The van der Waals surface area contributed by atoms with Crippen LogP contribution in [0.1, 0.15) is 19.3 Å². The van der Waals surface area contributed by atoms with Gasteiger partial charge < -0.3 is 9.15 Å². The number of hydrogen-bond donors (Lipinski definition) is 0. The first kappa shape index (κ1) is 12.7. The second-order valence-corrected chi connectivity index (χ2v) is 6.11. The van der Waals surface area contributed by atoms with Gasteiger partial charge >= 0.3 is 5.63 Å². The van der Waals surface area contributed by atoms with Crippen molar-refractivity contribution in [3.05, 3.63) is 52.9 Å². The standard InChI is InChI=1S/C18H18O3/c19-18-17(11-15-3-1-2-4-16(15)21-18)20-8-7-14-10-12-5-6-13(14)9-12/h1-6,11-14H,7-10H2. The molecule has 21 heavy (non-hydrogen) atoms. The molecule has 2 aliphatic rings. The maximum atomic E-state index is 11.9. The summed E-state index contributed by atoms with van der Waals surface area (Å²) >= 11 is 0. The van der Waals surface area contributed by atoms with Gasteiger partial charge in [-0.15, -0.1) is 0 Å². The van der Waals surface area contributed by atoms with Crippen molar-refractivity contribution in [3.63, 3.8) is 0 Å². The Morgan fingerprint density at radius 2 is 2.10 bits per heavy atom. The van der Waals surface area contributed by atoms with Crippen LogP contribution in [0, 0.1) is 17.8 Å². The second-order valence-electron chi connectivity index (χ2n) is 6.11. The van der Waals surface area contributed by atoms with Gasteiger partial charge in [0.2, 0.25) is 5.75 Å². The van der Waals surface area contributed by atoms with E-state index in [-0.39, 0.29) is 5.63 Å². The molecule has 0 saturated heterocycles. The van der Waals surface area contributed by atoms with Crippen LogP contribution >= 0.6 is 0 Å². The molecular weight excluding hydrogens is 264 g/mol. The fourth-order valence-electron chi connectivity index (χ4n) is 3.69. The summed E-state index contributed by atoms with van der Waals surface area (Å²) in [4.78, 5) is 11.9. The monoisotopic (exact) mass is 282 g/mol. The largest absolute Gasteiger partial charge is 0.487 e. The lowest BCUT2D eigenvalue weighted by atomic mass is 9.91. The number of allylic oxidation sites excluding steroid dienone is 2. The van der Waals surface area contributed by atoms with Crippen LogP contribution in [0.15, 0.2) is 51.7 Å². The van der Waals surface area contributed by atoms with E-state index in [1.807, 2.05) is 18.2 Å². The highest BCUT2D eigenvalue weighted by Crippen LogP contribution is 2.44. The molecule has 3 atom stereocenters. The zero-order valence-corrected chi connectivity index (χ0v) is 11.8. The maximum Gasteiger partial charge on any atom is 0.379 e. The summed E-state index contributed by atoms with van der Waals surface area (Å²) in [6, 6.07) is 9.28. The number of fused-ring (bicyclic) bond motifs is 3. The van der Waals surface area contributed by atoms with Crippen LogP contribution in [0.5, 0.6) is 5.75 Å². The van der Waals surface area contributed by atoms with Crippen molar-refractivity contribution in [2.24, 2.45) is 17.8 Å². The normalized spacial score (nSPS) is 26.6. The Bertz CT molecular complexity index is 743. The Morgan fingerprint density at radius 3 is 2.90 bits per heavy atom. The van der Waals surface area contributed by atoms with E-state index in [1.54, 1.807) is 12.1 Å². The third kappa shape index (κ3) is 2.37. The van der Waals surface area contributed by atoms with Gasteiger partial charge in [0.05, 0.1) is 6.61 Å². The van der Waals surface area contributed by atoms with E-state index >= 15 is 0 Å². The lowest BCUT2D eigenvalue weighted by Crippen LogP contribution is -2.14. The van der Waals surface area contributed by atoms with Crippen molar-refractivity contribution < 1.29 is 9.15 Å². The number of ether oxygens (including phenoxy) is 1. The smallest absolute Gasteiger partial charge is 0.379 e. The molecule has 2 aromatic rings. The van der Waals surface area contributed by atoms with Gasteiger partial charge in [0.25, 0.3) is 0 Å². The molecule has 2 bridgehead atoms. The van der Waals surface area contributed by atoms with Crippen molar-refractivity contribution in [2.75, 3.05) is 6.61 Å². The number of hydrogen-bond acceptors (Lipinski definition) is 3. The average molecular weight is 282 g/mol. The Morgan fingerprint density at radius 1 is 1.19 bits per heavy atom. The molecule has 0 N–H and O–H groups in total. The fraction of sp³-hybridized carbons (Fsp3) is 0.389. The van der Waals surface area contributed by atoms with Crippen LogP contribution in [0.4, 0.5) is 0 Å². The van der Waals surface area contributed by atoms with Crippen LogP contribution in [0.25, 0.3) is 11.0 Å². The summed E-state index contributed by atoms with van der Waals surface area (Å²) < 4.78 is 11.0. The summed E-state index contributed by atoms with van der Waals surface area (Å²) in [7, 11) is 0. The molecule has 0 amide bonds. The van der Waals surface area contributed by atoms with E-state index in [9.17, 15) is 4.79 Å². The Balaban J connectivity index is 1.44. The SMILES string of the molecule is O=c1oc2ccccc2cc1OCCC1CC2C=CC1C2. The van der Waals surface area contributed by atoms with Gasteiger partial charge in [0.15, 0.2) is 0 Å². The molecule has 2 aliphatic carbocycles. The van der Waals surface area contributed by atoms with Crippen LogP contribution in [0.3, 0.4) is 0 Å². The molecule has 1 heterocycles. The Kier molecular flexibility index (Phi) is 3.06. The molecule has 0 radical (unpaired) electrons. The summed E-state index contributed by atoms with van der Waals surface area (Å²) in [5.41, 5.74) is 0.217. The molecule has 3 heteroatoms. The minimum Gasteiger partial charge on any atom is -0.487 e. The van der Waals surface area contributed by atoms with Gasteiger partial charge in [-0.2, -0.15) is 0 Å². The van der Waals surface area contributed by atoms with Gasteiger partial charge in [-0.1, -0.05) is 30.4 Å². The topological polar surface area (TPSA) is 39.4 Å². The van der Waals surface area contributed by atoms with Crippen molar-refractivity contribution in [1.82, 2.24) is 0 Å². The van der Waals surface area contributed by atoms with Gasteiger partial charge in [-0.3, -0.25) is 0 Å². The zero-order chi connectivity index (χ0) is 14.2. The molecule has 0 spiro atoms. The number of para-hydroxylation sites is 1. The minimum absolute atomic E-state index is 0.326. The number of rotatable bonds is 4. The van der Waals surface area contributed by atoms with E-state index < -0.39 is 0 Å². The van der Waals surface area contributed by atoms with Gasteiger partial charge in [-0.25, -0.2) is 4.79 Å². The first-order valence-corrected chi connectivity index (χ1v) is 7.63. The third-order valence-electron chi connectivity index (χ3n) is 4.77. The van der Waals surface area contributed by atoms with Crippen molar-refractivity contribution in [3.8, 4) is 5.75 Å². The quantitative estimate of drug-likeness (QED) is 0.633. The highest BCUT2D eigenvalue weighted by Gasteiger charge is 2.35. The van der Waals surface area contributed by atoms with Gasteiger partial charge in [-0.05, 0) is 49.1 Å². The first-order chi connectivity index (χ1) is 10.3. The minimum atomic E-state index is -0.387. The van der Waals surface area contributed by atoms with Gasteiger partial charge in [0.1, 0.15) is 5.58 Å². The fourth-order valence-corrected chi connectivity index (χ4v) is 3.69. The molecule has 1 saturated carbocycles. The van der Waals surface area contributed by atoms with E-state index in [4.69, 9.17) is 9.15 Å². The summed E-state index contributed by atoms with van der Waals surface area (Å²) in [6.45, 7) is 0.588. The summed E-state index contributed by atoms with van der Waals surface area (Å²) in [5.74, 6) is 2.55. The van der Waals surface area contributed by atoms with E-state index in [0.29, 0.717) is 23.9 Å². The molecule has 1 fully saturated rings. The molecular formula is C18H18O3. The predicted octanol–water partition coefficient (Wildman–Crippen LogP) is 3.77. The summed E-state index contributed by atoms with van der Waals surface area (Å²) in [6.07, 6.45) is 8.29. The van der Waals surface area contributed by atoms with Gasteiger partial charge in [0, 0.05) is 5.39 Å². The van der Waals surface area contributed by atoms with Crippen molar-refractivity contribution >= 4 is 11.0 Å². The molecule has 3 unspecified atom stereocenters. The molecule has 4 rings (SSSR count). The van der Waals surface area contributed by atoms with Crippen molar-refractivity contribution in [1.29, 1.82) is 0 Å². The predicted molar refractivity (Wildman–Crippen MR) is 81.4 cm³/mol. The van der Waals surface area contributed by atoms with E-state index in [0.717, 1.165) is 23.6 Å². The average Bonchev–Trinajstić information content (AvgIpc) is 3.10. The van der Waals surface area contributed by atoms with Crippen LogP contribution < -0.4 is 10.4 Å². The number of benzene rings is 1. The molecule has 0 aliphatic heterocycles. The Hall–Kier alpha value is -2.03. The molecule has 1 aromatic heterocycles.